The SMILES string of the molecule is CNC(=O)C(C)NS(=O)(=O)c1cc(N)c(C)c(Cl)c1. The van der Waals surface area contributed by atoms with Crippen LogP contribution in [0.25, 0.3) is 0 Å². The Morgan fingerprint density at radius 1 is 1.42 bits per heavy atom. The number of halogens is 1. The van der Waals surface area contributed by atoms with E-state index in [1.54, 1.807) is 6.92 Å². The molecule has 0 saturated heterocycles. The van der Waals surface area contributed by atoms with E-state index in [0.29, 0.717) is 5.56 Å². The fourth-order valence-electron chi connectivity index (χ4n) is 1.40. The Hall–Kier alpha value is -1.31. The van der Waals surface area contributed by atoms with Gasteiger partial charge in [0.15, 0.2) is 0 Å². The highest BCUT2D eigenvalue weighted by Gasteiger charge is 2.22. The third-order valence-corrected chi connectivity index (χ3v) is 4.55. The van der Waals surface area contributed by atoms with Crippen LogP contribution in [-0.2, 0) is 14.8 Å². The van der Waals surface area contributed by atoms with E-state index >= 15 is 0 Å². The molecular formula is C11H16ClN3O3S. The van der Waals surface area contributed by atoms with Crippen molar-refractivity contribution in [3.05, 3.63) is 22.7 Å². The predicted octanol–water partition coefficient (Wildman–Crippen LogP) is 0.643. The average Bonchev–Trinajstić information content (AvgIpc) is 2.33. The Morgan fingerprint density at radius 3 is 2.47 bits per heavy atom. The second-order valence-electron chi connectivity index (χ2n) is 4.08. The highest BCUT2D eigenvalue weighted by atomic mass is 35.5. The molecule has 1 atom stereocenters. The predicted molar refractivity (Wildman–Crippen MR) is 74.5 cm³/mol. The summed E-state index contributed by atoms with van der Waals surface area (Å²) in [7, 11) is -2.43. The quantitative estimate of drug-likeness (QED) is 0.711. The number of nitrogens with two attached hydrogens (primary N) is 1. The Balaban J connectivity index is 3.11. The maximum atomic E-state index is 12.1. The molecular weight excluding hydrogens is 290 g/mol. The first-order chi connectivity index (χ1) is 8.69. The summed E-state index contributed by atoms with van der Waals surface area (Å²) in [5.41, 5.74) is 6.57. The lowest BCUT2D eigenvalue weighted by Gasteiger charge is -2.14. The van der Waals surface area contributed by atoms with Crippen molar-refractivity contribution < 1.29 is 13.2 Å². The molecule has 1 aromatic carbocycles. The van der Waals surface area contributed by atoms with Crippen LogP contribution >= 0.6 is 11.6 Å². The summed E-state index contributed by atoms with van der Waals surface area (Å²) in [6.07, 6.45) is 0. The number of anilines is 1. The number of likely N-dealkylation sites (N-methyl/N-ethyl adjacent to an activating group) is 1. The lowest BCUT2D eigenvalue weighted by Crippen LogP contribution is -2.43. The van der Waals surface area contributed by atoms with Crippen molar-refractivity contribution in [3.8, 4) is 0 Å². The number of sulfonamides is 1. The maximum Gasteiger partial charge on any atom is 0.241 e. The van der Waals surface area contributed by atoms with Gasteiger partial charge in [-0.3, -0.25) is 4.79 Å². The Labute approximate surface area is 117 Å². The summed E-state index contributed by atoms with van der Waals surface area (Å²) in [4.78, 5) is 11.2. The van der Waals surface area contributed by atoms with Crippen LogP contribution in [0.15, 0.2) is 17.0 Å². The van der Waals surface area contributed by atoms with Gasteiger partial charge in [0, 0.05) is 17.8 Å². The standard InChI is InChI=1S/C11H16ClN3O3S/c1-6-9(12)4-8(5-10(6)13)19(17,18)15-7(2)11(16)14-3/h4-5,7,15H,13H2,1-3H3,(H,14,16). The van der Waals surface area contributed by atoms with E-state index in [1.807, 2.05) is 0 Å². The van der Waals surface area contributed by atoms with Crippen LogP contribution in [0.5, 0.6) is 0 Å². The first kappa shape index (κ1) is 15.7. The van der Waals surface area contributed by atoms with Gasteiger partial charge in [0.25, 0.3) is 0 Å². The molecule has 8 heteroatoms. The number of carbonyl (C=O) groups excluding carboxylic acids is 1. The number of benzene rings is 1. The third-order valence-electron chi connectivity index (χ3n) is 2.64. The first-order valence-electron chi connectivity index (χ1n) is 5.48. The fraction of sp³-hybridized carbons (Fsp3) is 0.364. The van der Waals surface area contributed by atoms with E-state index in [0.717, 1.165) is 0 Å². The number of hydrogen-bond donors (Lipinski definition) is 3. The molecule has 19 heavy (non-hydrogen) atoms. The second-order valence-corrected chi connectivity index (χ2v) is 6.20. The largest absolute Gasteiger partial charge is 0.398 e. The van der Waals surface area contributed by atoms with Crippen LogP contribution < -0.4 is 15.8 Å². The van der Waals surface area contributed by atoms with Crippen molar-refractivity contribution in [2.24, 2.45) is 0 Å². The van der Waals surface area contributed by atoms with Gasteiger partial charge in [-0.15, -0.1) is 0 Å². The molecule has 106 valence electrons. The number of nitrogen functional groups attached to an aromatic ring is 1. The third kappa shape index (κ3) is 3.59. The van der Waals surface area contributed by atoms with Crippen molar-refractivity contribution in [1.29, 1.82) is 0 Å². The Bertz CT molecular complexity index is 578. The van der Waals surface area contributed by atoms with Gasteiger partial charge in [-0.25, -0.2) is 8.42 Å². The fourth-order valence-corrected chi connectivity index (χ4v) is 2.96. The van der Waals surface area contributed by atoms with Crippen LogP contribution in [0.1, 0.15) is 12.5 Å². The van der Waals surface area contributed by atoms with Gasteiger partial charge in [0.1, 0.15) is 0 Å². The zero-order valence-corrected chi connectivity index (χ0v) is 12.4. The number of rotatable bonds is 4. The summed E-state index contributed by atoms with van der Waals surface area (Å²) in [5.74, 6) is -0.435. The summed E-state index contributed by atoms with van der Waals surface area (Å²) < 4.78 is 26.4. The molecule has 0 spiro atoms. The van der Waals surface area contributed by atoms with E-state index in [1.165, 1.54) is 26.1 Å². The van der Waals surface area contributed by atoms with E-state index in [4.69, 9.17) is 17.3 Å². The van der Waals surface area contributed by atoms with Crippen LogP contribution in [0.2, 0.25) is 5.02 Å². The van der Waals surface area contributed by atoms with Crippen LogP contribution in [-0.4, -0.2) is 27.4 Å². The number of nitrogens with one attached hydrogen (secondary N) is 2. The molecule has 0 fully saturated rings. The second kappa shape index (κ2) is 5.77. The molecule has 0 aliphatic heterocycles. The molecule has 0 aliphatic rings. The summed E-state index contributed by atoms with van der Waals surface area (Å²) in [5, 5.41) is 2.61. The van der Waals surface area contributed by atoms with Gasteiger partial charge in [-0.1, -0.05) is 11.6 Å². The van der Waals surface area contributed by atoms with Crippen molar-refractivity contribution in [1.82, 2.24) is 10.0 Å². The summed E-state index contributed by atoms with van der Waals surface area (Å²) in [6, 6.07) is 1.71. The lowest BCUT2D eigenvalue weighted by molar-refractivity contribution is -0.121. The van der Waals surface area contributed by atoms with Gasteiger partial charge in [-0.2, -0.15) is 4.72 Å². The number of amides is 1. The smallest absolute Gasteiger partial charge is 0.241 e. The molecule has 0 heterocycles. The molecule has 0 aromatic heterocycles. The first-order valence-corrected chi connectivity index (χ1v) is 7.34. The molecule has 0 bridgehead atoms. The Morgan fingerprint density at radius 2 is 2.00 bits per heavy atom. The molecule has 1 unspecified atom stereocenters. The highest BCUT2D eigenvalue weighted by molar-refractivity contribution is 7.89. The maximum absolute atomic E-state index is 12.1. The van der Waals surface area contributed by atoms with E-state index in [9.17, 15) is 13.2 Å². The van der Waals surface area contributed by atoms with Crippen molar-refractivity contribution in [2.75, 3.05) is 12.8 Å². The van der Waals surface area contributed by atoms with Gasteiger partial charge in [0.05, 0.1) is 10.9 Å². The minimum atomic E-state index is -3.85. The normalized spacial score (nSPS) is 13.1. The van der Waals surface area contributed by atoms with Crippen LogP contribution in [0.3, 0.4) is 0 Å². The van der Waals surface area contributed by atoms with E-state index in [2.05, 4.69) is 10.0 Å². The van der Waals surface area contributed by atoms with Gasteiger partial charge in [0.2, 0.25) is 15.9 Å². The monoisotopic (exact) mass is 305 g/mol. The van der Waals surface area contributed by atoms with Crippen molar-refractivity contribution >= 4 is 33.2 Å². The van der Waals surface area contributed by atoms with E-state index < -0.39 is 22.0 Å². The molecule has 0 radical (unpaired) electrons. The van der Waals surface area contributed by atoms with Crippen molar-refractivity contribution in [3.63, 3.8) is 0 Å². The van der Waals surface area contributed by atoms with Gasteiger partial charge >= 0.3 is 0 Å². The Kier molecular flexibility index (Phi) is 4.78. The highest BCUT2D eigenvalue weighted by Crippen LogP contribution is 2.25. The molecule has 0 saturated carbocycles. The van der Waals surface area contributed by atoms with Gasteiger partial charge in [-0.05, 0) is 31.5 Å². The minimum absolute atomic E-state index is 0.0728. The van der Waals surface area contributed by atoms with Crippen LogP contribution in [0.4, 0.5) is 5.69 Å². The minimum Gasteiger partial charge on any atom is -0.398 e. The topological polar surface area (TPSA) is 101 Å². The zero-order valence-electron chi connectivity index (χ0n) is 10.8. The average molecular weight is 306 g/mol. The van der Waals surface area contributed by atoms with Gasteiger partial charge < -0.3 is 11.1 Å². The molecule has 0 aliphatic carbocycles. The molecule has 1 aromatic rings. The zero-order chi connectivity index (χ0) is 14.8. The molecule has 6 nitrogen and oxygen atoms in total. The molecule has 4 N–H and O–H groups in total. The summed E-state index contributed by atoms with van der Waals surface area (Å²) in [6.45, 7) is 3.13. The summed E-state index contributed by atoms with van der Waals surface area (Å²) >= 11 is 5.90. The van der Waals surface area contributed by atoms with Crippen molar-refractivity contribution in [2.45, 2.75) is 24.8 Å². The van der Waals surface area contributed by atoms with Crippen LogP contribution in [0, 0.1) is 6.92 Å². The number of hydrogen-bond acceptors (Lipinski definition) is 4. The number of carbonyl (C=O) groups is 1. The molecule has 1 rings (SSSR count). The lowest BCUT2D eigenvalue weighted by atomic mass is 10.2. The molecule has 1 amide bonds. The van der Waals surface area contributed by atoms with E-state index in [-0.39, 0.29) is 15.6 Å².